The molecule has 1 aromatic rings. The SMILES string of the molecule is Cl.N#Cc1ccc(N2CCC(N)C2=O)cc1C(F)(F)F. The molecule has 0 spiro atoms. The molecular weight excluding hydrogens is 295 g/mol. The predicted molar refractivity (Wildman–Crippen MR) is 68.4 cm³/mol. The van der Waals surface area contributed by atoms with Crippen molar-refractivity contribution >= 4 is 24.0 Å². The minimum atomic E-state index is -4.63. The van der Waals surface area contributed by atoms with Gasteiger partial charge in [-0.1, -0.05) is 0 Å². The maximum Gasteiger partial charge on any atom is 0.417 e. The largest absolute Gasteiger partial charge is 0.417 e. The predicted octanol–water partition coefficient (Wildman–Crippen LogP) is 2.06. The molecule has 0 aromatic heterocycles. The van der Waals surface area contributed by atoms with Crippen molar-refractivity contribution in [3.63, 3.8) is 0 Å². The van der Waals surface area contributed by atoms with Crippen molar-refractivity contribution in [3.8, 4) is 6.07 Å². The van der Waals surface area contributed by atoms with Gasteiger partial charge in [0.2, 0.25) is 5.91 Å². The zero-order valence-electron chi connectivity index (χ0n) is 10.1. The first kappa shape index (κ1) is 16.3. The zero-order valence-corrected chi connectivity index (χ0v) is 11.0. The van der Waals surface area contributed by atoms with E-state index in [1.54, 1.807) is 0 Å². The smallest absolute Gasteiger partial charge is 0.320 e. The van der Waals surface area contributed by atoms with Gasteiger partial charge in [-0.05, 0) is 24.6 Å². The number of nitriles is 1. The molecule has 108 valence electrons. The highest BCUT2D eigenvalue weighted by Crippen LogP contribution is 2.35. The summed E-state index contributed by atoms with van der Waals surface area (Å²) in [6, 6.07) is 4.02. The van der Waals surface area contributed by atoms with Crippen LogP contribution in [-0.2, 0) is 11.0 Å². The van der Waals surface area contributed by atoms with Crippen LogP contribution in [0.2, 0.25) is 0 Å². The molecule has 0 bridgehead atoms. The molecule has 0 saturated carbocycles. The molecule has 1 amide bonds. The molecule has 2 N–H and O–H groups in total. The average molecular weight is 306 g/mol. The molecule has 1 saturated heterocycles. The van der Waals surface area contributed by atoms with Gasteiger partial charge in [-0.3, -0.25) is 4.79 Å². The van der Waals surface area contributed by atoms with Gasteiger partial charge >= 0.3 is 6.18 Å². The Kier molecular flexibility index (Phi) is 4.63. The van der Waals surface area contributed by atoms with Gasteiger partial charge in [-0.2, -0.15) is 18.4 Å². The highest BCUT2D eigenvalue weighted by atomic mass is 35.5. The van der Waals surface area contributed by atoms with Gasteiger partial charge < -0.3 is 10.6 Å². The van der Waals surface area contributed by atoms with Gasteiger partial charge in [0.25, 0.3) is 0 Å². The molecule has 1 heterocycles. The number of carbonyl (C=O) groups excluding carboxylic acids is 1. The van der Waals surface area contributed by atoms with Crippen LogP contribution in [0.25, 0.3) is 0 Å². The fourth-order valence-electron chi connectivity index (χ4n) is 1.99. The summed E-state index contributed by atoms with van der Waals surface area (Å²) in [7, 11) is 0. The topological polar surface area (TPSA) is 70.1 Å². The van der Waals surface area contributed by atoms with Crippen LogP contribution in [0, 0.1) is 11.3 Å². The van der Waals surface area contributed by atoms with E-state index in [2.05, 4.69) is 0 Å². The van der Waals surface area contributed by atoms with E-state index in [0.29, 0.717) is 6.42 Å². The normalized spacial score (nSPS) is 18.6. The average Bonchev–Trinajstić information content (AvgIpc) is 2.68. The molecule has 0 radical (unpaired) electrons. The summed E-state index contributed by atoms with van der Waals surface area (Å²) in [5.41, 5.74) is 4.13. The first-order valence-electron chi connectivity index (χ1n) is 5.53. The van der Waals surface area contributed by atoms with E-state index < -0.39 is 29.3 Å². The van der Waals surface area contributed by atoms with Gasteiger partial charge in [0.15, 0.2) is 0 Å². The minimum absolute atomic E-state index is 0. The van der Waals surface area contributed by atoms with Crippen molar-refractivity contribution in [2.45, 2.75) is 18.6 Å². The fraction of sp³-hybridized carbons (Fsp3) is 0.333. The number of carbonyl (C=O) groups is 1. The van der Waals surface area contributed by atoms with Crippen molar-refractivity contribution < 1.29 is 18.0 Å². The van der Waals surface area contributed by atoms with E-state index in [4.69, 9.17) is 11.0 Å². The Balaban J connectivity index is 0.00000200. The van der Waals surface area contributed by atoms with E-state index in [9.17, 15) is 18.0 Å². The lowest BCUT2D eigenvalue weighted by molar-refractivity contribution is -0.137. The molecule has 4 nitrogen and oxygen atoms in total. The van der Waals surface area contributed by atoms with E-state index in [1.165, 1.54) is 17.0 Å². The lowest BCUT2D eigenvalue weighted by Crippen LogP contribution is -2.34. The Morgan fingerprint density at radius 3 is 2.50 bits per heavy atom. The molecule has 1 aromatic carbocycles. The zero-order chi connectivity index (χ0) is 14.2. The highest BCUT2D eigenvalue weighted by Gasteiger charge is 2.36. The van der Waals surface area contributed by atoms with Crippen LogP contribution in [-0.4, -0.2) is 18.5 Å². The van der Waals surface area contributed by atoms with Gasteiger partial charge in [0, 0.05) is 12.2 Å². The number of amides is 1. The second-order valence-corrected chi connectivity index (χ2v) is 4.22. The molecule has 1 atom stereocenters. The van der Waals surface area contributed by atoms with Crippen molar-refractivity contribution in [3.05, 3.63) is 29.3 Å². The van der Waals surface area contributed by atoms with Gasteiger partial charge in [-0.25, -0.2) is 0 Å². The second-order valence-electron chi connectivity index (χ2n) is 4.22. The van der Waals surface area contributed by atoms with Crippen molar-refractivity contribution in [2.75, 3.05) is 11.4 Å². The summed E-state index contributed by atoms with van der Waals surface area (Å²) >= 11 is 0. The highest BCUT2D eigenvalue weighted by molar-refractivity contribution is 5.99. The molecule has 20 heavy (non-hydrogen) atoms. The summed E-state index contributed by atoms with van der Waals surface area (Å²) in [4.78, 5) is 12.9. The molecule has 1 fully saturated rings. The number of hydrogen-bond acceptors (Lipinski definition) is 3. The third-order valence-electron chi connectivity index (χ3n) is 2.99. The molecule has 0 aliphatic carbocycles. The number of halogens is 4. The molecule has 1 aliphatic heterocycles. The minimum Gasteiger partial charge on any atom is -0.320 e. The number of hydrogen-bond donors (Lipinski definition) is 1. The first-order valence-corrected chi connectivity index (χ1v) is 5.53. The summed E-state index contributed by atoms with van der Waals surface area (Å²) in [6.07, 6.45) is -4.23. The number of nitrogens with zero attached hydrogens (tertiary/aromatic N) is 2. The van der Waals surface area contributed by atoms with Crippen LogP contribution in [0.1, 0.15) is 17.5 Å². The van der Waals surface area contributed by atoms with Crippen LogP contribution < -0.4 is 10.6 Å². The van der Waals surface area contributed by atoms with E-state index in [-0.39, 0.29) is 24.6 Å². The molecule has 1 aliphatic rings. The number of anilines is 1. The summed E-state index contributed by atoms with van der Waals surface area (Å²) < 4.78 is 38.4. The standard InChI is InChI=1S/C12H10F3N3O.ClH/c13-12(14,15)9-5-8(2-1-7(9)6-16)18-4-3-10(17)11(18)19;/h1-2,5,10H,3-4,17H2;1H. The van der Waals surface area contributed by atoms with Crippen LogP contribution in [0.5, 0.6) is 0 Å². The van der Waals surface area contributed by atoms with Crippen LogP contribution in [0.4, 0.5) is 18.9 Å². The van der Waals surface area contributed by atoms with Gasteiger partial charge in [0.05, 0.1) is 23.2 Å². The van der Waals surface area contributed by atoms with Crippen LogP contribution >= 0.6 is 12.4 Å². The molecular formula is C12H11ClF3N3O. The Hall–Kier alpha value is -1.78. The van der Waals surface area contributed by atoms with E-state index >= 15 is 0 Å². The Labute approximate surface area is 119 Å². The Morgan fingerprint density at radius 1 is 1.40 bits per heavy atom. The second kappa shape index (κ2) is 5.69. The monoisotopic (exact) mass is 305 g/mol. The van der Waals surface area contributed by atoms with Crippen LogP contribution in [0.3, 0.4) is 0 Å². The number of benzene rings is 1. The molecule has 8 heteroatoms. The van der Waals surface area contributed by atoms with Crippen molar-refractivity contribution in [1.82, 2.24) is 0 Å². The van der Waals surface area contributed by atoms with E-state index in [0.717, 1.165) is 12.1 Å². The van der Waals surface area contributed by atoms with Crippen molar-refractivity contribution in [2.24, 2.45) is 5.73 Å². The fourth-order valence-corrected chi connectivity index (χ4v) is 1.99. The summed E-state index contributed by atoms with van der Waals surface area (Å²) in [6.45, 7) is 0.281. The van der Waals surface area contributed by atoms with E-state index in [1.807, 2.05) is 0 Å². The van der Waals surface area contributed by atoms with Gasteiger partial charge in [-0.15, -0.1) is 12.4 Å². The number of nitrogens with two attached hydrogens (primary N) is 1. The first-order chi connectivity index (χ1) is 8.84. The third kappa shape index (κ3) is 2.86. The van der Waals surface area contributed by atoms with Crippen molar-refractivity contribution in [1.29, 1.82) is 5.26 Å². The molecule has 2 rings (SSSR count). The maximum atomic E-state index is 12.8. The molecule has 1 unspecified atom stereocenters. The number of alkyl halides is 3. The number of rotatable bonds is 1. The van der Waals surface area contributed by atoms with Crippen LogP contribution in [0.15, 0.2) is 18.2 Å². The lowest BCUT2D eigenvalue weighted by atomic mass is 10.1. The lowest BCUT2D eigenvalue weighted by Gasteiger charge is -2.18. The Bertz CT molecular complexity index is 568. The summed E-state index contributed by atoms with van der Waals surface area (Å²) in [5, 5.41) is 8.68. The maximum absolute atomic E-state index is 12.8. The third-order valence-corrected chi connectivity index (χ3v) is 2.99. The Morgan fingerprint density at radius 2 is 2.05 bits per heavy atom. The van der Waals surface area contributed by atoms with Gasteiger partial charge in [0.1, 0.15) is 0 Å². The quantitative estimate of drug-likeness (QED) is 0.863. The summed E-state index contributed by atoms with van der Waals surface area (Å²) in [5.74, 6) is -0.405.